The van der Waals surface area contributed by atoms with Crippen molar-refractivity contribution in [3.8, 4) is 17.2 Å². The molecule has 0 atom stereocenters. The van der Waals surface area contributed by atoms with Crippen LogP contribution in [0.1, 0.15) is 54.2 Å². The van der Waals surface area contributed by atoms with Gasteiger partial charge in [0.1, 0.15) is 23.9 Å². The number of Topliss-reactive ketones (excluding diaryl/α,β-unsaturated/α-hetero) is 1. The van der Waals surface area contributed by atoms with Crippen LogP contribution in [0.4, 0.5) is 0 Å². The smallest absolute Gasteiger partial charge is 0.347 e. The molecule has 0 bridgehead atoms. The van der Waals surface area contributed by atoms with Gasteiger partial charge in [-0.05, 0) is 81.1 Å². The van der Waals surface area contributed by atoms with Crippen molar-refractivity contribution in [1.29, 1.82) is 0 Å². The molecule has 0 aliphatic carbocycles. The van der Waals surface area contributed by atoms with Gasteiger partial charge in [-0.3, -0.25) is 4.79 Å². The van der Waals surface area contributed by atoms with E-state index in [1.807, 2.05) is 32.9 Å². The number of rotatable bonds is 7. The van der Waals surface area contributed by atoms with Crippen LogP contribution in [0.3, 0.4) is 0 Å². The van der Waals surface area contributed by atoms with Crippen molar-refractivity contribution in [3.05, 3.63) is 58.2 Å². The Kier molecular flexibility index (Phi) is 6.39. The molecule has 1 aliphatic heterocycles. The van der Waals surface area contributed by atoms with Crippen molar-refractivity contribution in [3.63, 3.8) is 0 Å². The summed E-state index contributed by atoms with van der Waals surface area (Å²) in [5, 5.41) is 9.33. The minimum Gasteiger partial charge on any atom is -0.493 e. The van der Waals surface area contributed by atoms with Gasteiger partial charge < -0.3 is 19.3 Å². The molecule has 0 radical (unpaired) electrons. The zero-order chi connectivity index (χ0) is 22.8. The maximum absolute atomic E-state index is 13.0. The number of carbonyl (C=O) groups excluding carboxylic acids is 1. The highest BCUT2D eigenvalue weighted by molar-refractivity contribution is 6.14. The van der Waals surface area contributed by atoms with Crippen LogP contribution in [0, 0.1) is 13.8 Å². The molecule has 0 amide bonds. The van der Waals surface area contributed by atoms with Crippen molar-refractivity contribution < 1.29 is 28.9 Å². The molecule has 3 rings (SSSR count). The number of aliphatic carboxylic acids is 1. The highest BCUT2D eigenvalue weighted by Gasteiger charge is 2.30. The van der Waals surface area contributed by atoms with Gasteiger partial charge in [-0.15, -0.1) is 0 Å². The van der Waals surface area contributed by atoms with Crippen LogP contribution < -0.4 is 14.2 Å². The summed E-state index contributed by atoms with van der Waals surface area (Å²) in [6, 6.07) is 9.01. The Morgan fingerprint density at radius 1 is 1.19 bits per heavy atom. The molecule has 1 heterocycles. The molecule has 6 nitrogen and oxygen atoms in total. The Hall–Kier alpha value is -3.28. The molecule has 0 aromatic heterocycles. The zero-order valence-electron chi connectivity index (χ0n) is 18.6. The molecule has 1 aliphatic rings. The van der Waals surface area contributed by atoms with Gasteiger partial charge in [0, 0.05) is 11.6 Å². The van der Waals surface area contributed by atoms with Crippen molar-refractivity contribution >= 4 is 17.8 Å². The van der Waals surface area contributed by atoms with E-state index in [9.17, 15) is 14.7 Å². The highest BCUT2D eigenvalue weighted by atomic mass is 16.5. The molecule has 31 heavy (non-hydrogen) atoms. The third-order valence-electron chi connectivity index (χ3n) is 5.04. The Morgan fingerprint density at radius 3 is 2.48 bits per heavy atom. The Balaban J connectivity index is 1.86. The first-order valence-corrected chi connectivity index (χ1v) is 10.3. The van der Waals surface area contributed by atoms with E-state index in [4.69, 9.17) is 14.2 Å². The summed E-state index contributed by atoms with van der Waals surface area (Å²) in [4.78, 5) is 24.4. The number of carboxylic acids is 1. The number of hydrogen-bond acceptors (Lipinski definition) is 5. The van der Waals surface area contributed by atoms with Crippen LogP contribution in [0.15, 0.2) is 35.9 Å². The van der Waals surface area contributed by atoms with Gasteiger partial charge in [0.15, 0.2) is 11.4 Å². The van der Waals surface area contributed by atoms with E-state index in [2.05, 4.69) is 0 Å². The lowest BCUT2D eigenvalue weighted by atomic mass is 9.96. The van der Waals surface area contributed by atoms with E-state index in [1.54, 1.807) is 24.3 Å². The third kappa shape index (κ3) is 4.90. The molecule has 6 heteroatoms. The van der Waals surface area contributed by atoms with Gasteiger partial charge in [-0.25, -0.2) is 4.79 Å². The van der Waals surface area contributed by atoms with E-state index in [0.717, 1.165) is 23.1 Å². The van der Waals surface area contributed by atoms with Crippen LogP contribution in [-0.2, 0) is 4.79 Å². The second-order valence-electron chi connectivity index (χ2n) is 8.20. The first-order valence-electron chi connectivity index (χ1n) is 10.3. The lowest BCUT2D eigenvalue weighted by molar-refractivity contribution is -0.152. The number of ketones is 1. The molecule has 1 N–H and O–H groups in total. The predicted octanol–water partition coefficient (Wildman–Crippen LogP) is 4.99. The quantitative estimate of drug-likeness (QED) is 0.631. The van der Waals surface area contributed by atoms with Gasteiger partial charge in [-0.2, -0.15) is 0 Å². The van der Waals surface area contributed by atoms with Crippen LogP contribution in [0.5, 0.6) is 17.2 Å². The fourth-order valence-electron chi connectivity index (χ4n) is 3.35. The lowest BCUT2D eigenvalue weighted by Crippen LogP contribution is -2.38. The molecule has 0 spiro atoms. The summed E-state index contributed by atoms with van der Waals surface area (Å²) in [7, 11) is 0. The Labute approximate surface area is 182 Å². The summed E-state index contributed by atoms with van der Waals surface area (Å²) >= 11 is 0. The minimum absolute atomic E-state index is 0.0778. The predicted molar refractivity (Wildman–Crippen MR) is 118 cm³/mol. The Morgan fingerprint density at radius 2 is 1.87 bits per heavy atom. The highest BCUT2D eigenvalue weighted by Crippen LogP contribution is 2.33. The fraction of sp³-hybridized carbons (Fsp3) is 0.360. The fourth-order valence-corrected chi connectivity index (χ4v) is 3.35. The first kappa shape index (κ1) is 22.4. The number of ether oxygens (including phenoxy) is 3. The van der Waals surface area contributed by atoms with E-state index < -0.39 is 11.6 Å². The average Bonchev–Trinajstić information content (AvgIpc) is 2.71. The molecule has 0 fully saturated rings. The monoisotopic (exact) mass is 424 g/mol. The number of carboxylic acid groups (broad SMARTS) is 1. The molecule has 0 saturated heterocycles. The van der Waals surface area contributed by atoms with Crippen LogP contribution in [-0.4, -0.2) is 35.7 Å². The number of hydrogen-bond donors (Lipinski definition) is 1. The van der Waals surface area contributed by atoms with Gasteiger partial charge in [0.05, 0.1) is 12.2 Å². The molecule has 164 valence electrons. The molecule has 2 aromatic rings. The zero-order valence-corrected chi connectivity index (χ0v) is 18.6. The van der Waals surface area contributed by atoms with E-state index in [1.165, 1.54) is 13.8 Å². The summed E-state index contributed by atoms with van der Waals surface area (Å²) in [5.74, 6) is 0.635. The van der Waals surface area contributed by atoms with Gasteiger partial charge in [0.25, 0.3) is 0 Å². The van der Waals surface area contributed by atoms with Gasteiger partial charge in [0.2, 0.25) is 0 Å². The molecule has 0 saturated carbocycles. The standard InChI is InChI=1S/C25H28O6/c1-6-9-29-19-7-8-20-21(13-19)30-14-18(22(20)26)12-17-10-15(2)23(16(3)11-17)31-25(4,5)24(27)28/h7-8,10-13H,6,9,14H2,1-5H3,(H,27,28)/b18-12+. The number of benzene rings is 2. The largest absolute Gasteiger partial charge is 0.493 e. The minimum atomic E-state index is -1.34. The molecular formula is C25H28O6. The summed E-state index contributed by atoms with van der Waals surface area (Å²) in [6.45, 7) is 9.55. The maximum atomic E-state index is 13.0. The normalized spacial score (nSPS) is 14.7. The Bertz CT molecular complexity index is 1020. The molecule has 0 unspecified atom stereocenters. The van der Waals surface area contributed by atoms with Crippen molar-refractivity contribution in [1.82, 2.24) is 0 Å². The second kappa shape index (κ2) is 8.84. The number of aryl methyl sites for hydroxylation is 2. The van der Waals surface area contributed by atoms with Crippen molar-refractivity contribution in [2.75, 3.05) is 13.2 Å². The summed E-state index contributed by atoms with van der Waals surface area (Å²) in [5.41, 5.74) is 2.14. The SMILES string of the molecule is CCCOc1ccc2c(c1)OC/C(=C\c1cc(C)c(OC(C)(C)C(=O)O)c(C)c1)C2=O. The number of fused-ring (bicyclic) bond motifs is 1. The van der Waals surface area contributed by atoms with Crippen molar-refractivity contribution in [2.24, 2.45) is 0 Å². The third-order valence-corrected chi connectivity index (χ3v) is 5.04. The van der Waals surface area contributed by atoms with E-state index in [-0.39, 0.29) is 12.4 Å². The first-order chi connectivity index (χ1) is 14.6. The second-order valence-corrected chi connectivity index (χ2v) is 8.20. The van der Waals surface area contributed by atoms with Crippen LogP contribution in [0.25, 0.3) is 6.08 Å². The molecule has 2 aromatic carbocycles. The van der Waals surface area contributed by atoms with Crippen LogP contribution in [0.2, 0.25) is 0 Å². The van der Waals surface area contributed by atoms with Crippen LogP contribution >= 0.6 is 0 Å². The topological polar surface area (TPSA) is 82.1 Å². The average molecular weight is 424 g/mol. The number of carbonyl (C=O) groups is 2. The maximum Gasteiger partial charge on any atom is 0.347 e. The van der Waals surface area contributed by atoms with Crippen molar-refractivity contribution in [2.45, 2.75) is 46.6 Å². The lowest BCUT2D eigenvalue weighted by Gasteiger charge is -2.24. The van der Waals surface area contributed by atoms with E-state index >= 15 is 0 Å². The van der Waals surface area contributed by atoms with Gasteiger partial charge in [-0.1, -0.05) is 6.92 Å². The molecular weight excluding hydrogens is 396 g/mol. The summed E-state index contributed by atoms with van der Waals surface area (Å²) in [6.07, 6.45) is 2.71. The van der Waals surface area contributed by atoms with E-state index in [0.29, 0.717) is 35.0 Å². The van der Waals surface area contributed by atoms with Gasteiger partial charge >= 0.3 is 5.97 Å². The summed E-state index contributed by atoms with van der Waals surface area (Å²) < 4.78 is 17.2.